The molecule has 1 heterocycles. The molecule has 0 bridgehead atoms. The summed E-state index contributed by atoms with van der Waals surface area (Å²) in [4.78, 5) is 3.65. The summed E-state index contributed by atoms with van der Waals surface area (Å²) in [6, 6.07) is 3.94. The van der Waals surface area contributed by atoms with Gasteiger partial charge in [0.15, 0.2) is 17.5 Å². The Balaban J connectivity index is 2.15. The van der Waals surface area contributed by atoms with Gasteiger partial charge in [0, 0.05) is 51.6 Å². The van der Waals surface area contributed by atoms with Gasteiger partial charge in [-0.2, -0.15) is 0 Å². The molecule has 0 radical (unpaired) electrons. The number of halogens is 4. The van der Waals surface area contributed by atoms with E-state index in [2.05, 4.69) is 16.8 Å². The number of rotatable bonds is 3. The van der Waals surface area contributed by atoms with E-state index in [4.69, 9.17) is 16.9 Å². The van der Waals surface area contributed by atoms with Crippen LogP contribution in [0.1, 0.15) is 16.7 Å². The molecule has 0 atom stereocenters. The summed E-state index contributed by atoms with van der Waals surface area (Å²) in [5, 5.41) is 7.24. The van der Waals surface area contributed by atoms with Gasteiger partial charge < -0.3 is 21.4 Å². The smallest absolute Gasteiger partial charge is 0.167 e. The maximum atomic E-state index is 14.8. The SMILES string of the molecule is N=Cc1cc(C#Cc2c(F)cc(-c3c(SO)ccc(F)c3F)c(N)c2F)cnc1N. The Morgan fingerprint density at radius 1 is 1.03 bits per heavy atom. The zero-order chi connectivity index (χ0) is 22.0. The van der Waals surface area contributed by atoms with E-state index in [9.17, 15) is 22.1 Å². The lowest BCUT2D eigenvalue weighted by Crippen LogP contribution is -2.03. The van der Waals surface area contributed by atoms with Crippen LogP contribution in [0.15, 0.2) is 35.4 Å². The van der Waals surface area contributed by atoms with Crippen molar-refractivity contribution in [1.82, 2.24) is 4.98 Å². The fourth-order valence-electron chi connectivity index (χ4n) is 2.63. The van der Waals surface area contributed by atoms with Gasteiger partial charge in [0.1, 0.15) is 11.6 Å². The molecule has 2 aromatic carbocycles. The van der Waals surface area contributed by atoms with Gasteiger partial charge in [0.25, 0.3) is 0 Å². The van der Waals surface area contributed by atoms with Crippen molar-refractivity contribution in [2.24, 2.45) is 0 Å². The van der Waals surface area contributed by atoms with Crippen molar-refractivity contribution in [3.8, 4) is 23.0 Å². The fraction of sp³-hybridized carbons (Fsp3) is 0. The lowest BCUT2D eigenvalue weighted by Gasteiger charge is -2.13. The van der Waals surface area contributed by atoms with Crippen molar-refractivity contribution in [2.75, 3.05) is 11.5 Å². The van der Waals surface area contributed by atoms with E-state index in [1.807, 2.05) is 0 Å². The number of aromatic nitrogens is 1. The van der Waals surface area contributed by atoms with Crippen LogP contribution in [-0.2, 0) is 0 Å². The Bertz CT molecular complexity index is 1240. The summed E-state index contributed by atoms with van der Waals surface area (Å²) in [5.41, 5.74) is 9.38. The van der Waals surface area contributed by atoms with Crippen LogP contribution in [0, 0.1) is 40.5 Å². The molecule has 1 aromatic heterocycles. The first-order valence-corrected chi connectivity index (χ1v) is 8.91. The van der Waals surface area contributed by atoms with Crippen LogP contribution in [-0.4, -0.2) is 15.8 Å². The molecular weight excluding hydrogens is 420 g/mol. The number of hydrogen-bond donors (Lipinski definition) is 4. The van der Waals surface area contributed by atoms with Crippen molar-refractivity contribution in [2.45, 2.75) is 4.90 Å². The van der Waals surface area contributed by atoms with E-state index >= 15 is 0 Å². The first-order chi connectivity index (χ1) is 14.3. The molecule has 0 fully saturated rings. The van der Waals surface area contributed by atoms with E-state index in [1.165, 1.54) is 12.3 Å². The zero-order valence-corrected chi connectivity index (χ0v) is 15.7. The van der Waals surface area contributed by atoms with Crippen LogP contribution in [0.3, 0.4) is 0 Å². The molecule has 0 aliphatic rings. The lowest BCUT2D eigenvalue weighted by atomic mass is 9.99. The Labute approximate surface area is 172 Å². The Morgan fingerprint density at radius 2 is 1.77 bits per heavy atom. The maximum Gasteiger partial charge on any atom is 0.167 e. The monoisotopic (exact) mass is 432 g/mol. The molecule has 0 aliphatic carbocycles. The number of pyridine rings is 1. The molecule has 0 aliphatic heterocycles. The normalized spacial score (nSPS) is 10.4. The molecule has 0 spiro atoms. The summed E-state index contributed by atoms with van der Waals surface area (Å²) in [6.45, 7) is 0. The minimum atomic E-state index is -1.41. The van der Waals surface area contributed by atoms with Gasteiger partial charge >= 0.3 is 0 Å². The molecule has 30 heavy (non-hydrogen) atoms. The highest BCUT2D eigenvalue weighted by Crippen LogP contribution is 2.39. The highest BCUT2D eigenvalue weighted by molar-refractivity contribution is 7.93. The van der Waals surface area contributed by atoms with Crippen LogP contribution >= 0.6 is 12.0 Å². The Morgan fingerprint density at radius 3 is 2.43 bits per heavy atom. The first kappa shape index (κ1) is 21.2. The molecule has 0 unspecified atom stereocenters. The molecule has 3 rings (SSSR count). The Kier molecular flexibility index (Phi) is 5.96. The number of nitrogens with zero attached hydrogens (tertiary/aromatic N) is 1. The number of nitrogens with one attached hydrogen (secondary N) is 1. The van der Waals surface area contributed by atoms with Gasteiger partial charge in [-0.25, -0.2) is 22.5 Å². The number of nitrogen functional groups attached to an aromatic ring is 2. The van der Waals surface area contributed by atoms with Crippen molar-refractivity contribution in [3.05, 3.63) is 70.4 Å². The third kappa shape index (κ3) is 3.80. The van der Waals surface area contributed by atoms with E-state index in [1.54, 1.807) is 0 Å². The van der Waals surface area contributed by atoms with E-state index < -0.39 is 45.6 Å². The zero-order valence-electron chi connectivity index (χ0n) is 14.9. The summed E-state index contributed by atoms with van der Waals surface area (Å²) >= 11 is 0.0793. The highest BCUT2D eigenvalue weighted by atomic mass is 32.2. The second-order valence-electron chi connectivity index (χ2n) is 5.93. The first-order valence-electron chi connectivity index (χ1n) is 8.13. The number of nitrogens with two attached hydrogens (primary N) is 2. The summed E-state index contributed by atoms with van der Waals surface area (Å²) in [5.74, 6) is -0.260. The van der Waals surface area contributed by atoms with Gasteiger partial charge in [-0.15, -0.1) is 0 Å². The standard InChI is InChI=1S/C20H12F4N4OS/c21-13-3-4-15(30-29)16(18(13)24)12-6-14(22)11(17(23)19(12)26)2-1-9-5-10(7-25)20(27)28-8-9/h3-8,25,29H,26H2,(H2,27,28). The molecule has 5 nitrogen and oxygen atoms in total. The molecule has 0 saturated heterocycles. The molecule has 0 saturated carbocycles. The lowest BCUT2D eigenvalue weighted by molar-refractivity contribution is 0.508. The molecule has 10 heteroatoms. The minimum absolute atomic E-state index is 0.0793. The maximum absolute atomic E-state index is 14.8. The van der Waals surface area contributed by atoms with Crippen molar-refractivity contribution in [1.29, 1.82) is 5.41 Å². The van der Waals surface area contributed by atoms with Crippen LogP contribution in [0.5, 0.6) is 0 Å². The van der Waals surface area contributed by atoms with Crippen molar-refractivity contribution in [3.63, 3.8) is 0 Å². The summed E-state index contributed by atoms with van der Waals surface area (Å²) in [7, 11) is 0. The topological polar surface area (TPSA) is 109 Å². The Hall–Kier alpha value is -3.55. The highest BCUT2D eigenvalue weighted by Gasteiger charge is 2.23. The van der Waals surface area contributed by atoms with Crippen molar-refractivity contribution >= 4 is 29.8 Å². The number of hydrogen-bond acceptors (Lipinski definition) is 6. The number of anilines is 2. The van der Waals surface area contributed by atoms with Crippen LogP contribution in [0.25, 0.3) is 11.1 Å². The summed E-state index contributed by atoms with van der Waals surface area (Å²) in [6.07, 6.45) is 2.21. The van der Waals surface area contributed by atoms with E-state index in [0.717, 1.165) is 18.3 Å². The predicted octanol–water partition coefficient (Wildman–Crippen LogP) is 4.43. The van der Waals surface area contributed by atoms with Gasteiger partial charge in [0.2, 0.25) is 0 Å². The van der Waals surface area contributed by atoms with Gasteiger partial charge in [0.05, 0.1) is 11.3 Å². The van der Waals surface area contributed by atoms with Crippen LogP contribution in [0.2, 0.25) is 0 Å². The average molecular weight is 432 g/mol. The minimum Gasteiger partial charge on any atom is -0.396 e. The van der Waals surface area contributed by atoms with Gasteiger partial charge in [-0.05, 0) is 24.3 Å². The molecule has 6 N–H and O–H groups in total. The third-order valence-corrected chi connectivity index (χ3v) is 4.65. The molecular formula is C20H12F4N4OS. The summed E-state index contributed by atoms with van der Waals surface area (Å²) < 4.78 is 66.6. The van der Waals surface area contributed by atoms with Crippen LogP contribution in [0.4, 0.5) is 29.1 Å². The molecule has 152 valence electrons. The van der Waals surface area contributed by atoms with Crippen molar-refractivity contribution < 1.29 is 22.1 Å². The largest absolute Gasteiger partial charge is 0.396 e. The van der Waals surface area contributed by atoms with Gasteiger partial charge in [-0.1, -0.05) is 11.8 Å². The second-order valence-corrected chi connectivity index (χ2v) is 6.55. The molecule has 3 aromatic rings. The van der Waals surface area contributed by atoms with Crippen LogP contribution < -0.4 is 11.5 Å². The predicted molar refractivity (Wildman–Crippen MR) is 107 cm³/mol. The third-order valence-electron chi connectivity index (χ3n) is 4.12. The molecule has 0 amide bonds. The second kappa shape index (κ2) is 8.44. The quantitative estimate of drug-likeness (QED) is 0.161. The van der Waals surface area contributed by atoms with Gasteiger partial charge in [-0.3, -0.25) is 0 Å². The average Bonchev–Trinajstić information content (AvgIpc) is 2.73. The number of benzene rings is 2. The van der Waals surface area contributed by atoms with E-state index in [0.29, 0.717) is 6.07 Å². The fourth-order valence-corrected chi connectivity index (χ4v) is 3.05. The van der Waals surface area contributed by atoms with E-state index in [-0.39, 0.29) is 33.9 Å².